The topological polar surface area (TPSA) is 165 Å². The molecular weight excluding hydrogens is 594 g/mol. The number of carbonyl (C=O) groups is 1. The summed E-state index contributed by atoms with van der Waals surface area (Å²) in [7, 11) is -4.67. The normalized spacial score (nSPS) is 13.5. The van der Waals surface area contributed by atoms with Crippen LogP contribution < -0.4 is 4.74 Å². The molecular formula is C31H37NO9S2. The average Bonchev–Trinajstić information content (AvgIpc) is 3.31. The fourth-order valence-electron chi connectivity index (χ4n) is 4.45. The van der Waals surface area contributed by atoms with Gasteiger partial charge in [0.1, 0.15) is 23.9 Å². The number of rotatable bonds is 7. The number of phenolic OH excluding ortho intramolecular Hbond substituents is 2. The van der Waals surface area contributed by atoms with E-state index in [9.17, 15) is 15.0 Å². The van der Waals surface area contributed by atoms with E-state index in [-0.39, 0.29) is 23.4 Å². The summed E-state index contributed by atoms with van der Waals surface area (Å²) < 4.78 is 38.3. The smallest absolute Gasteiger partial charge is 0.394 e. The molecule has 0 aliphatic carbocycles. The second-order valence-corrected chi connectivity index (χ2v) is 12.1. The zero-order valence-electron chi connectivity index (χ0n) is 24.0. The lowest BCUT2D eigenvalue weighted by Gasteiger charge is -2.26. The average molecular weight is 632 g/mol. The van der Waals surface area contributed by atoms with Crippen molar-refractivity contribution < 1.29 is 42.4 Å². The number of hydrogen-bond acceptors (Lipinski definition) is 9. The van der Waals surface area contributed by atoms with Gasteiger partial charge in [-0.2, -0.15) is 8.42 Å². The van der Waals surface area contributed by atoms with E-state index in [4.69, 9.17) is 27.4 Å². The van der Waals surface area contributed by atoms with Crippen LogP contribution >= 0.6 is 11.3 Å². The van der Waals surface area contributed by atoms with Gasteiger partial charge in [0.15, 0.2) is 5.78 Å². The molecule has 232 valence electrons. The second kappa shape index (κ2) is 15.8. The van der Waals surface area contributed by atoms with Gasteiger partial charge in [-0.3, -0.25) is 18.8 Å². The van der Waals surface area contributed by atoms with Gasteiger partial charge in [0.2, 0.25) is 0 Å². The van der Waals surface area contributed by atoms with Crippen molar-refractivity contribution in [1.29, 1.82) is 0 Å². The molecule has 0 bridgehead atoms. The number of nitrogens with zero attached hydrogens (tertiary/aromatic N) is 1. The zero-order chi connectivity index (χ0) is 31.6. The van der Waals surface area contributed by atoms with E-state index in [0.29, 0.717) is 17.7 Å². The third-order valence-electron chi connectivity index (χ3n) is 6.27. The number of thiophene rings is 1. The van der Waals surface area contributed by atoms with E-state index in [0.717, 1.165) is 45.9 Å². The minimum absolute atomic E-state index is 0.0834. The number of hydrogen-bond donors (Lipinski definition) is 5. The largest absolute Gasteiger partial charge is 0.508 e. The summed E-state index contributed by atoms with van der Waals surface area (Å²) in [6.45, 7) is 7.29. The number of ketones is 1. The lowest BCUT2D eigenvalue weighted by atomic mass is 9.97. The van der Waals surface area contributed by atoms with Crippen molar-refractivity contribution in [2.45, 2.75) is 39.2 Å². The van der Waals surface area contributed by atoms with Crippen LogP contribution in [0.4, 0.5) is 0 Å². The molecule has 43 heavy (non-hydrogen) atoms. The number of benzene rings is 3. The van der Waals surface area contributed by atoms with Crippen LogP contribution in [0.2, 0.25) is 0 Å². The van der Waals surface area contributed by atoms with Crippen molar-refractivity contribution in [3.05, 3.63) is 77.9 Å². The second-order valence-electron chi connectivity index (χ2n) is 10.2. The number of fused-ring (bicyclic) bond motifs is 1. The lowest BCUT2D eigenvalue weighted by Crippen LogP contribution is -2.33. The van der Waals surface area contributed by atoms with E-state index in [1.807, 2.05) is 24.3 Å². The third-order valence-corrected chi connectivity index (χ3v) is 7.47. The molecule has 10 nitrogen and oxygen atoms in total. The van der Waals surface area contributed by atoms with Crippen molar-refractivity contribution in [2.75, 3.05) is 26.2 Å². The summed E-state index contributed by atoms with van der Waals surface area (Å²) in [6, 6.07) is 19.2. The Morgan fingerprint density at radius 1 is 0.907 bits per heavy atom. The van der Waals surface area contributed by atoms with Gasteiger partial charge in [0.25, 0.3) is 0 Å². The van der Waals surface area contributed by atoms with Crippen molar-refractivity contribution in [3.63, 3.8) is 0 Å². The highest BCUT2D eigenvalue weighted by Gasteiger charge is 2.22. The van der Waals surface area contributed by atoms with Crippen LogP contribution in [0.5, 0.6) is 17.2 Å². The zero-order valence-corrected chi connectivity index (χ0v) is 25.6. The van der Waals surface area contributed by atoms with Crippen molar-refractivity contribution in [1.82, 2.24) is 4.90 Å². The third kappa shape index (κ3) is 11.2. The summed E-state index contributed by atoms with van der Waals surface area (Å²) >= 11 is 1.46. The predicted octanol–water partition coefficient (Wildman–Crippen LogP) is 5.81. The van der Waals surface area contributed by atoms with E-state index in [1.165, 1.54) is 30.6 Å². The van der Waals surface area contributed by atoms with Crippen LogP contribution in [-0.4, -0.2) is 75.9 Å². The molecule has 0 unspecified atom stereocenters. The fourth-order valence-corrected chi connectivity index (χ4v) is 5.69. The Balaban J connectivity index is 0.000000495. The molecule has 0 amide bonds. The van der Waals surface area contributed by atoms with Gasteiger partial charge in [0, 0.05) is 38.7 Å². The van der Waals surface area contributed by atoms with Crippen LogP contribution in [0.3, 0.4) is 0 Å². The Bertz CT molecular complexity index is 1570. The molecule has 0 spiro atoms. The van der Waals surface area contributed by atoms with E-state index in [1.54, 1.807) is 56.3 Å². The number of carbonyl (C=O) groups excluding carboxylic acids is 1. The van der Waals surface area contributed by atoms with Crippen LogP contribution in [0.1, 0.15) is 49.0 Å². The number of phenols is 2. The van der Waals surface area contributed by atoms with Crippen molar-refractivity contribution >= 4 is 37.6 Å². The Kier molecular flexibility index (Phi) is 12.5. The molecule has 3 aromatic carbocycles. The highest BCUT2D eigenvalue weighted by molar-refractivity contribution is 7.79. The molecule has 1 saturated heterocycles. The fraction of sp³-hybridized carbons (Fsp3) is 0.323. The van der Waals surface area contributed by atoms with E-state index < -0.39 is 10.4 Å². The molecule has 5 N–H and O–H groups in total. The molecule has 12 heteroatoms. The van der Waals surface area contributed by atoms with Gasteiger partial charge in [-0.25, -0.2) is 0 Å². The minimum atomic E-state index is -4.67. The number of likely N-dealkylation sites (tertiary alicyclic amines) is 1. The summed E-state index contributed by atoms with van der Waals surface area (Å²) in [5.41, 5.74) is 2.03. The molecule has 2 heterocycles. The molecule has 1 aromatic heterocycles. The van der Waals surface area contributed by atoms with Crippen LogP contribution in [0.25, 0.3) is 20.5 Å². The number of aliphatic hydroxyl groups is 1. The first-order valence-electron chi connectivity index (χ1n) is 13.7. The molecule has 0 saturated carbocycles. The van der Waals surface area contributed by atoms with Gasteiger partial charge >= 0.3 is 10.4 Å². The maximum absolute atomic E-state index is 13.6. The van der Waals surface area contributed by atoms with Gasteiger partial charge in [-0.1, -0.05) is 6.42 Å². The van der Waals surface area contributed by atoms with Crippen molar-refractivity contribution in [2.24, 2.45) is 0 Å². The van der Waals surface area contributed by atoms with Gasteiger partial charge in [0.05, 0.1) is 0 Å². The first-order valence-corrected chi connectivity index (χ1v) is 16.0. The van der Waals surface area contributed by atoms with Crippen molar-refractivity contribution in [3.8, 4) is 27.7 Å². The maximum atomic E-state index is 13.6. The summed E-state index contributed by atoms with van der Waals surface area (Å²) in [6.07, 6.45) is 3.68. The quantitative estimate of drug-likeness (QED) is 0.124. The number of aromatic hydroxyl groups is 2. The Morgan fingerprint density at radius 2 is 1.47 bits per heavy atom. The number of ether oxygens (including phenoxy) is 1. The van der Waals surface area contributed by atoms with Crippen LogP contribution in [-0.2, 0) is 10.4 Å². The standard InChI is InChI=1S/C28H27NO4S.C3H8O.H2O4S/c30-21-8-4-20(5-9-21)28-26(24-13-10-22(31)18-25(24)34-28)27(32)19-6-11-23(12-7-19)33-17-16-29-14-2-1-3-15-29;1-3(2)4;1-5(2,3)4/h4-13,18,30-31H,1-3,14-17H2;3-4H,1-2H3;(H2,1,2,3,4). The molecule has 0 atom stereocenters. The first kappa shape index (κ1) is 34.0. The molecule has 1 aliphatic heterocycles. The summed E-state index contributed by atoms with van der Waals surface area (Å²) in [5, 5.41) is 28.5. The molecule has 5 rings (SSSR count). The molecule has 1 fully saturated rings. The van der Waals surface area contributed by atoms with Gasteiger partial charge in [-0.05, 0) is 112 Å². The SMILES string of the molecule is CC(C)O.O=C(c1ccc(OCCN2CCCCC2)cc1)c1c(-c2ccc(O)cc2)sc2cc(O)ccc12.O=S(=O)(O)O. The Labute approximate surface area is 255 Å². The van der Waals surface area contributed by atoms with E-state index in [2.05, 4.69) is 4.90 Å². The van der Waals surface area contributed by atoms with Crippen LogP contribution in [0, 0.1) is 0 Å². The molecule has 1 aliphatic rings. The minimum Gasteiger partial charge on any atom is -0.508 e. The molecule has 4 aromatic rings. The Hall–Kier alpha value is -3.52. The van der Waals surface area contributed by atoms with E-state index >= 15 is 0 Å². The molecule has 0 radical (unpaired) electrons. The summed E-state index contributed by atoms with van der Waals surface area (Å²) in [5.74, 6) is 1.01. The highest BCUT2D eigenvalue weighted by Crippen LogP contribution is 2.41. The lowest BCUT2D eigenvalue weighted by molar-refractivity contribution is 0.104. The Morgan fingerprint density at radius 3 is 2.05 bits per heavy atom. The monoisotopic (exact) mass is 631 g/mol. The maximum Gasteiger partial charge on any atom is 0.394 e. The van der Waals surface area contributed by atoms with Gasteiger partial charge < -0.3 is 20.1 Å². The first-order chi connectivity index (χ1) is 20.3. The predicted molar refractivity (Wildman–Crippen MR) is 168 cm³/mol. The van der Waals surface area contributed by atoms with Crippen LogP contribution in [0.15, 0.2) is 66.7 Å². The summed E-state index contributed by atoms with van der Waals surface area (Å²) in [4.78, 5) is 16.9. The van der Waals surface area contributed by atoms with Gasteiger partial charge in [-0.15, -0.1) is 11.3 Å². The number of aliphatic hydroxyl groups excluding tert-OH is 1. The number of piperidine rings is 1. The highest BCUT2D eigenvalue weighted by atomic mass is 32.3.